The maximum atomic E-state index is 14.4. The standard InChI is InChI=1S/C16H11FN4O/c1-9-19-12-6-7-13(15(17)16(12)20-9)22-14-8-18-10-4-2-3-5-11(10)21-14/h2-8H,1H3,(H,19,20). The number of halogens is 1. The number of aromatic nitrogens is 4. The molecule has 4 rings (SSSR count). The van der Waals surface area contributed by atoms with Crippen LogP contribution in [0.1, 0.15) is 5.82 Å². The molecule has 2 heterocycles. The Bertz CT molecular complexity index is 996. The van der Waals surface area contributed by atoms with Crippen LogP contribution in [0.4, 0.5) is 4.39 Å². The zero-order valence-corrected chi connectivity index (χ0v) is 11.7. The molecule has 0 aliphatic carbocycles. The second-order valence-corrected chi connectivity index (χ2v) is 4.89. The summed E-state index contributed by atoms with van der Waals surface area (Å²) in [6.07, 6.45) is 1.48. The lowest BCUT2D eigenvalue weighted by Gasteiger charge is -2.06. The van der Waals surface area contributed by atoms with Gasteiger partial charge in [-0.1, -0.05) is 12.1 Å². The first-order valence-corrected chi connectivity index (χ1v) is 6.75. The van der Waals surface area contributed by atoms with Crippen molar-refractivity contribution in [2.45, 2.75) is 6.92 Å². The van der Waals surface area contributed by atoms with Crippen LogP contribution in [0.5, 0.6) is 11.6 Å². The maximum absolute atomic E-state index is 14.4. The molecule has 0 saturated carbocycles. The molecular formula is C16H11FN4O. The number of hydrogen-bond acceptors (Lipinski definition) is 4. The van der Waals surface area contributed by atoms with Gasteiger partial charge in [0.15, 0.2) is 11.6 Å². The smallest absolute Gasteiger partial charge is 0.238 e. The summed E-state index contributed by atoms with van der Waals surface area (Å²) in [4.78, 5) is 15.6. The summed E-state index contributed by atoms with van der Waals surface area (Å²) >= 11 is 0. The van der Waals surface area contributed by atoms with Gasteiger partial charge in [-0.15, -0.1) is 0 Å². The second-order valence-electron chi connectivity index (χ2n) is 4.89. The fraction of sp³-hybridized carbons (Fsp3) is 0.0625. The highest BCUT2D eigenvalue weighted by molar-refractivity contribution is 5.78. The molecule has 0 amide bonds. The Labute approximate surface area is 124 Å². The fourth-order valence-electron chi connectivity index (χ4n) is 2.33. The summed E-state index contributed by atoms with van der Waals surface area (Å²) in [5.74, 6) is 0.485. The molecule has 1 N–H and O–H groups in total. The van der Waals surface area contributed by atoms with Crippen molar-refractivity contribution in [1.29, 1.82) is 0 Å². The molecule has 0 atom stereocenters. The van der Waals surface area contributed by atoms with Crippen LogP contribution in [-0.2, 0) is 0 Å². The minimum atomic E-state index is -0.493. The summed E-state index contributed by atoms with van der Waals surface area (Å²) in [5.41, 5.74) is 2.34. The summed E-state index contributed by atoms with van der Waals surface area (Å²) < 4.78 is 20.0. The van der Waals surface area contributed by atoms with E-state index in [1.54, 1.807) is 13.0 Å². The van der Waals surface area contributed by atoms with Gasteiger partial charge < -0.3 is 9.72 Å². The number of imidazole rings is 1. The third kappa shape index (κ3) is 2.05. The van der Waals surface area contributed by atoms with Crippen LogP contribution in [0.2, 0.25) is 0 Å². The first-order chi connectivity index (χ1) is 10.7. The van der Waals surface area contributed by atoms with E-state index in [4.69, 9.17) is 4.74 Å². The van der Waals surface area contributed by atoms with Gasteiger partial charge in [-0.3, -0.25) is 0 Å². The molecule has 2 aromatic heterocycles. The Hall–Kier alpha value is -3.02. The normalized spacial score (nSPS) is 11.2. The van der Waals surface area contributed by atoms with Gasteiger partial charge in [-0.05, 0) is 31.2 Å². The lowest BCUT2D eigenvalue weighted by Crippen LogP contribution is -1.93. The van der Waals surface area contributed by atoms with Crippen LogP contribution in [0.25, 0.3) is 22.1 Å². The van der Waals surface area contributed by atoms with Crippen molar-refractivity contribution in [3.63, 3.8) is 0 Å². The quantitative estimate of drug-likeness (QED) is 0.611. The fourth-order valence-corrected chi connectivity index (χ4v) is 2.33. The average molecular weight is 294 g/mol. The van der Waals surface area contributed by atoms with Gasteiger partial charge in [-0.25, -0.2) is 19.3 Å². The van der Waals surface area contributed by atoms with Gasteiger partial charge >= 0.3 is 0 Å². The monoisotopic (exact) mass is 294 g/mol. The van der Waals surface area contributed by atoms with Gasteiger partial charge in [0.1, 0.15) is 11.3 Å². The second kappa shape index (κ2) is 4.77. The van der Waals surface area contributed by atoms with Crippen molar-refractivity contribution in [2.24, 2.45) is 0 Å². The highest BCUT2D eigenvalue weighted by atomic mass is 19.1. The van der Waals surface area contributed by atoms with E-state index in [2.05, 4.69) is 19.9 Å². The molecule has 22 heavy (non-hydrogen) atoms. The Morgan fingerprint density at radius 2 is 1.82 bits per heavy atom. The van der Waals surface area contributed by atoms with Crippen LogP contribution in [0.15, 0.2) is 42.6 Å². The maximum Gasteiger partial charge on any atom is 0.238 e. The van der Waals surface area contributed by atoms with Gasteiger partial charge in [0, 0.05) is 0 Å². The molecule has 4 aromatic rings. The number of aromatic amines is 1. The third-order valence-corrected chi connectivity index (χ3v) is 3.32. The topological polar surface area (TPSA) is 63.7 Å². The van der Waals surface area contributed by atoms with E-state index in [-0.39, 0.29) is 11.6 Å². The minimum Gasteiger partial charge on any atom is -0.434 e. The minimum absolute atomic E-state index is 0.0840. The molecule has 0 unspecified atom stereocenters. The summed E-state index contributed by atoms with van der Waals surface area (Å²) in [6, 6.07) is 10.7. The molecule has 0 saturated heterocycles. The van der Waals surface area contributed by atoms with Crippen molar-refractivity contribution in [3.8, 4) is 11.6 Å². The number of nitrogens with one attached hydrogen (secondary N) is 1. The van der Waals surface area contributed by atoms with Crippen molar-refractivity contribution >= 4 is 22.1 Å². The highest BCUT2D eigenvalue weighted by Crippen LogP contribution is 2.28. The van der Waals surface area contributed by atoms with E-state index in [0.717, 1.165) is 5.52 Å². The highest BCUT2D eigenvalue weighted by Gasteiger charge is 2.13. The van der Waals surface area contributed by atoms with E-state index >= 15 is 0 Å². The number of nitrogens with zero attached hydrogens (tertiary/aromatic N) is 3. The van der Waals surface area contributed by atoms with Crippen molar-refractivity contribution in [2.75, 3.05) is 0 Å². The number of rotatable bonds is 2. The Kier molecular flexibility index (Phi) is 2.75. The van der Waals surface area contributed by atoms with Crippen molar-refractivity contribution in [3.05, 3.63) is 54.2 Å². The average Bonchev–Trinajstić information content (AvgIpc) is 2.91. The van der Waals surface area contributed by atoms with Crippen molar-refractivity contribution in [1.82, 2.24) is 19.9 Å². The summed E-state index contributed by atoms with van der Waals surface area (Å²) in [7, 11) is 0. The molecule has 5 nitrogen and oxygen atoms in total. The number of benzene rings is 2. The predicted molar refractivity (Wildman–Crippen MR) is 80.4 cm³/mol. The molecule has 2 aromatic carbocycles. The first kappa shape index (κ1) is 12.7. The van der Waals surface area contributed by atoms with E-state index < -0.39 is 5.82 Å². The number of H-pyrrole nitrogens is 1. The number of fused-ring (bicyclic) bond motifs is 2. The van der Waals surface area contributed by atoms with E-state index in [9.17, 15) is 4.39 Å². The van der Waals surface area contributed by atoms with Crippen LogP contribution < -0.4 is 4.74 Å². The van der Waals surface area contributed by atoms with Gasteiger partial charge in [0.2, 0.25) is 5.88 Å². The molecule has 108 valence electrons. The molecule has 0 spiro atoms. The van der Waals surface area contributed by atoms with E-state index in [0.29, 0.717) is 22.4 Å². The molecule has 0 aliphatic heterocycles. The van der Waals surface area contributed by atoms with Gasteiger partial charge in [-0.2, -0.15) is 0 Å². The molecule has 6 heteroatoms. The van der Waals surface area contributed by atoms with Crippen LogP contribution in [0.3, 0.4) is 0 Å². The van der Waals surface area contributed by atoms with Crippen LogP contribution >= 0.6 is 0 Å². The Morgan fingerprint density at radius 3 is 2.68 bits per heavy atom. The lowest BCUT2D eigenvalue weighted by molar-refractivity contribution is 0.430. The summed E-state index contributed by atoms with van der Waals surface area (Å²) in [6.45, 7) is 1.77. The first-order valence-electron chi connectivity index (χ1n) is 6.75. The van der Waals surface area contributed by atoms with Crippen molar-refractivity contribution < 1.29 is 9.13 Å². The largest absolute Gasteiger partial charge is 0.434 e. The number of aryl methyl sites for hydroxylation is 1. The molecule has 0 bridgehead atoms. The van der Waals surface area contributed by atoms with Gasteiger partial charge in [0.25, 0.3) is 0 Å². The zero-order valence-electron chi connectivity index (χ0n) is 11.7. The third-order valence-electron chi connectivity index (χ3n) is 3.32. The molecule has 0 fully saturated rings. The van der Waals surface area contributed by atoms with E-state index in [1.165, 1.54) is 12.3 Å². The SMILES string of the molecule is Cc1nc2ccc(Oc3cnc4ccccc4n3)c(F)c2[nH]1. The predicted octanol–water partition coefficient (Wildman–Crippen LogP) is 3.75. The summed E-state index contributed by atoms with van der Waals surface area (Å²) in [5, 5.41) is 0. The number of ether oxygens (including phenoxy) is 1. The lowest BCUT2D eigenvalue weighted by atomic mass is 10.3. The van der Waals surface area contributed by atoms with Gasteiger partial charge in [0.05, 0.1) is 22.7 Å². The zero-order chi connectivity index (χ0) is 15.1. The Morgan fingerprint density at radius 1 is 1.00 bits per heavy atom. The number of para-hydroxylation sites is 2. The number of hydrogen-bond donors (Lipinski definition) is 1. The molecule has 0 radical (unpaired) electrons. The molecular weight excluding hydrogens is 283 g/mol. The van der Waals surface area contributed by atoms with Crippen LogP contribution in [-0.4, -0.2) is 19.9 Å². The van der Waals surface area contributed by atoms with E-state index in [1.807, 2.05) is 24.3 Å². The molecule has 0 aliphatic rings. The Balaban J connectivity index is 1.76. The van der Waals surface area contributed by atoms with Crippen LogP contribution in [0, 0.1) is 12.7 Å².